The Bertz CT molecular complexity index is 465. The predicted octanol–water partition coefficient (Wildman–Crippen LogP) is 1.80. The van der Waals surface area contributed by atoms with Crippen molar-refractivity contribution >= 4 is 23.3 Å². The summed E-state index contributed by atoms with van der Waals surface area (Å²) in [5, 5.41) is 13.2. The molecule has 0 unspecified atom stereocenters. The van der Waals surface area contributed by atoms with Crippen LogP contribution < -0.4 is 11.2 Å². The quantitative estimate of drug-likeness (QED) is 0.256. The van der Waals surface area contributed by atoms with Crippen LogP contribution in [-0.2, 0) is 16.1 Å². The summed E-state index contributed by atoms with van der Waals surface area (Å²) in [4.78, 5) is 16.8. The minimum absolute atomic E-state index is 0.0376. The molecule has 0 spiro atoms. The Kier molecular flexibility index (Phi) is 5.13. The number of hydrogen-bond donors (Lipinski definition) is 3. The monoisotopic (exact) mass is 287 g/mol. The molecule has 0 saturated carbocycles. The molecular weight excluding hydrogens is 270 g/mol. The number of rotatable bonds is 4. The molecule has 1 aromatic rings. The van der Waals surface area contributed by atoms with Crippen molar-refractivity contribution in [3.8, 4) is 0 Å². The van der Waals surface area contributed by atoms with Crippen molar-refractivity contribution in [3.63, 3.8) is 0 Å². The lowest BCUT2D eigenvalue weighted by molar-refractivity contribution is -0.0332. The van der Waals surface area contributed by atoms with Crippen molar-refractivity contribution in [1.29, 1.82) is 0 Å². The maximum absolute atomic E-state index is 11.2. The lowest BCUT2D eigenvalue weighted by Crippen LogP contribution is -2.28. The number of thiophene rings is 1. The van der Waals surface area contributed by atoms with Crippen LogP contribution in [-0.4, -0.2) is 22.8 Å². The van der Waals surface area contributed by atoms with Crippen molar-refractivity contribution in [2.45, 2.75) is 32.9 Å². The average molecular weight is 287 g/mol. The molecule has 0 radical (unpaired) electrons. The summed E-state index contributed by atoms with van der Waals surface area (Å²) in [5.74, 6) is 0.0376. The molecule has 0 aromatic carbocycles. The Hall–Kier alpha value is -1.80. The van der Waals surface area contributed by atoms with E-state index in [2.05, 4.69) is 10.6 Å². The Morgan fingerprint density at radius 3 is 2.84 bits per heavy atom. The highest BCUT2D eigenvalue weighted by Crippen LogP contribution is 2.14. The smallest absolute Gasteiger partial charge is 0.427 e. The minimum Gasteiger partial charge on any atom is -0.427 e. The van der Waals surface area contributed by atoms with E-state index in [9.17, 15) is 4.79 Å². The van der Waals surface area contributed by atoms with Crippen molar-refractivity contribution in [2.75, 3.05) is 0 Å². The van der Waals surface area contributed by atoms with Crippen molar-refractivity contribution in [3.05, 3.63) is 21.9 Å². The van der Waals surface area contributed by atoms with Gasteiger partial charge in [-0.15, -0.1) is 16.8 Å². The van der Waals surface area contributed by atoms with E-state index in [0.717, 1.165) is 4.88 Å². The van der Waals surface area contributed by atoms with Crippen molar-refractivity contribution in [2.24, 2.45) is 10.9 Å². The van der Waals surface area contributed by atoms with Gasteiger partial charge in [0.25, 0.3) is 0 Å². The molecular formula is C11H17N3O4S. The van der Waals surface area contributed by atoms with E-state index in [-0.39, 0.29) is 5.84 Å². The molecule has 7 nitrogen and oxygen atoms in total. The number of hydroxylamine groups is 1. The van der Waals surface area contributed by atoms with E-state index in [1.165, 1.54) is 11.3 Å². The van der Waals surface area contributed by atoms with Crippen LogP contribution in [0.4, 0.5) is 4.79 Å². The first-order valence-electron chi connectivity index (χ1n) is 5.50. The molecule has 1 heterocycles. The highest BCUT2D eigenvalue weighted by atomic mass is 32.1. The number of oxime groups is 1. The van der Waals surface area contributed by atoms with Crippen LogP contribution in [0.5, 0.6) is 0 Å². The number of carbonyl (C=O) groups excluding carboxylic acids is 1. The summed E-state index contributed by atoms with van der Waals surface area (Å²) in [6.07, 6.45) is -0.791. The molecule has 0 aliphatic rings. The average Bonchev–Trinajstić information content (AvgIpc) is 2.74. The van der Waals surface area contributed by atoms with E-state index in [4.69, 9.17) is 20.5 Å². The van der Waals surface area contributed by atoms with Gasteiger partial charge < -0.3 is 20.5 Å². The maximum Gasteiger partial charge on any atom is 0.528 e. The van der Waals surface area contributed by atoms with Gasteiger partial charge in [-0.25, -0.2) is 4.79 Å². The SMILES string of the molecule is CC(C)(C)OC(=O)ONCc1cc(C(N)=NO)cs1. The summed E-state index contributed by atoms with van der Waals surface area (Å²) >= 11 is 1.39. The van der Waals surface area contributed by atoms with Gasteiger partial charge in [-0.1, -0.05) is 5.16 Å². The van der Waals surface area contributed by atoms with Gasteiger partial charge in [-0.3, -0.25) is 0 Å². The number of ether oxygens (including phenoxy) is 1. The second-order valence-electron chi connectivity index (χ2n) is 4.67. The Labute approximate surface area is 115 Å². The molecule has 0 aliphatic heterocycles. The van der Waals surface area contributed by atoms with Gasteiger partial charge in [-0.05, 0) is 26.8 Å². The number of carbonyl (C=O) groups is 1. The normalized spacial score (nSPS) is 12.3. The number of nitrogens with zero attached hydrogens (tertiary/aromatic N) is 1. The molecule has 106 valence electrons. The molecule has 0 fully saturated rings. The zero-order chi connectivity index (χ0) is 14.5. The van der Waals surface area contributed by atoms with Gasteiger partial charge in [0.05, 0.1) is 6.54 Å². The molecule has 0 amide bonds. The third-order valence-corrected chi connectivity index (χ3v) is 2.79. The number of nitrogens with one attached hydrogen (secondary N) is 1. The Morgan fingerprint density at radius 2 is 2.26 bits per heavy atom. The van der Waals surface area contributed by atoms with E-state index < -0.39 is 11.8 Å². The lowest BCUT2D eigenvalue weighted by Gasteiger charge is -2.18. The summed E-state index contributed by atoms with van der Waals surface area (Å²) in [5.41, 5.74) is 7.94. The Morgan fingerprint density at radius 1 is 1.58 bits per heavy atom. The number of nitrogens with two attached hydrogens (primary N) is 1. The topological polar surface area (TPSA) is 106 Å². The summed E-state index contributed by atoms with van der Waals surface area (Å²) < 4.78 is 4.94. The van der Waals surface area contributed by atoms with E-state index >= 15 is 0 Å². The highest BCUT2D eigenvalue weighted by molar-refractivity contribution is 7.10. The summed E-state index contributed by atoms with van der Waals surface area (Å²) in [6.45, 7) is 5.55. The third-order valence-electron chi connectivity index (χ3n) is 1.85. The summed E-state index contributed by atoms with van der Waals surface area (Å²) in [7, 11) is 0. The highest BCUT2D eigenvalue weighted by Gasteiger charge is 2.17. The largest absolute Gasteiger partial charge is 0.528 e. The van der Waals surface area contributed by atoms with Crippen LogP contribution in [0.15, 0.2) is 16.6 Å². The fourth-order valence-electron chi connectivity index (χ4n) is 1.10. The number of hydrogen-bond acceptors (Lipinski definition) is 7. The molecule has 0 aliphatic carbocycles. The summed E-state index contributed by atoms with van der Waals surface area (Å²) in [6, 6.07) is 1.73. The first-order valence-corrected chi connectivity index (χ1v) is 6.38. The zero-order valence-electron chi connectivity index (χ0n) is 11.0. The van der Waals surface area contributed by atoms with Gasteiger partial charge in [0, 0.05) is 15.8 Å². The fraction of sp³-hybridized carbons (Fsp3) is 0.455. The van der Waals surface area contributed by atoms with E-state index in [1.54, 1.807) is 32.2 Å². The third kappa shape index (κ3) is 5.58. The fourth-order valence-corrected chi connectivity index (χ4v) is 1.91. The molecule has 0 saturated heterocycles. The molecule has 0 atom stereocenters. The lowest BCUT2D eigenvalue weighted by atomic mass is 10.2. The predicted molar refractivity (Wildman–Crippen MR) is 71.0 cm³/mol. The first kappa shape index (κ1) is 15.3. The van der Waals surface area contributed by atoms with Crippen LogP contribution in [0.3, 0.4) is 0 Å². The molecule has 1 rings (SSSR count). The van der Waals surface area contributed by atoms with Crippen LogP contribution in [0, 0.1) is 0 Å². The minimum atomic E-state index is -0.791. The van der Waals surface area contributed by atoms with Crippen molar-refractivity contribution in [1.82, 2.24) is 5.48 Å². The second-order valence-corrected chi connectivity index (χ2v) is 5.67. The molecule has 1 aromatic heterocycles. The van der Waals surface area contributed by atoms with Gasteiger partial charge in [-0.2, -0.15) is 0 Å². The van der Waals surface area contributed by atoms with E-state index in [0.29, 0.717) is 12.1 Å². The van der Waals surface area contributed by atoms with Crippen LogP contribution in [0.1, 0.15) is 31.2 Å². The van der Waals surface area contributed by atoms with Gasteiger partial charge in [0.15, 0.2) is 5.84 Å². The van der Waals surface area contributed by atoms with Gasteiger partial charge in [0.1, 0.15) is 5.60 Å². The van der Waals surface area contributed by atoms with Crippen LogP contribution >= 0.6 is 11.3 Å². The first-order chi connectivity index (χ1) is 8.81. The van der Waals surface area contributed by atoms with E-state index in [1.807, 2.05) is 0 Å². The standard InChI is InChI=1S/C11H17N3O4S/c1-11(2,3)17-10(15)18-13-5-8-4-7(6-19-8)9(12)14-16/h4,6,13,16H,5H2,1-3H3,(H2,12,14). The van der Waals surface area contributed by atoms with Crippen LogP contribution in [0.25, 0.3) is 0 Å². The molecule has 19 heavy (non-hydrogen) atoms. The van der Waals surface area contributed by atoms with Gasteiger partial charge in [0.2, 0.25) is 0 Å². The molecule has 8 heteroatoms. The number of amidine groups is 1. The van der Waals surface area contributed by atoms with Gasteiger partial charge >= 0.3 is 6.16 Å². The van der Waals surface area contributed by atoms with Crippen molar-refractivity contribution < 1.29 is 19.6 Å². The van der Waals surface area contributed by atoms with Crippen LogP contribution in [0.2, 0.25) is 0 Å². The second kappa shape index (κ2) is 6.39. The Balaban J connectivity index is 2.38. The zero-order valence-corrected chi connectivity index (χ0v) is 11.8. The molecule has 4 N–H and O–H groups in total. The maximum atomic E-state index is 11.2. The molecule has 0 bridgehead atoms.